The second-order valence-corrected chi connectivity index (χ2v) is 5.98. The third-order valence-corrected chi connectivity index (χ3v) is 4.36. The van der Waals surface area contributed by atoms with Gasteiger partial charge in [-0.15, -0.1) is 0 Å². The summed E-state index contributed by atoms with van der Waals surface area (Å²) in [5.41, 5.74) is 0.728. The van der Waals surface area contributed by atoms with Gasteiger partial charge in [0.1, 0.15) is 5.75 Å². The van der Waals surface area contributed by atoms with Crippen LogP contribution < -0.4 is 10.1 Å². The van der Waals surface area contributed by atoms with E-state index >= 15 is 0 Å². The first kappa shape index (κ1) is 18.3. The van der Waals surface area contributed by atoms with E-state index in [1.165, 1.54) is 0 Å². The highest BCUT2D eigenvalue weighted by atomic mass is 16.5. The molecule has 1 aromatic carbocycles. The minimum Gasteiger partial charge on any atom is -0.497 e. The first-order valence-electron chi connectivity index (χ1n) is 8.40. The second-order valence-electron chi connectivity index (χ2n) is 5.98. The third kappa shape index (κ3) is 4.71. The van der Waals surface area contributed by atoms with Crippen molar-refractivity contribution in [1.29, 1.82) is 0 Å². The zero-order chi connectivity index (χ0) is 17.5. The largest absolute Gasteiger partial charge is 0.497 e. The molecule has 1 saturated heterocycles. The quantitative estimate of drug-likeness (QED) is 0.809. The molecular formula is C18H26N2O4. The average Bonchev–Trinajstić information content (AvgIpc) is 2.62. The van der Waals surface area contributed by atoms with E-state index < -0.39 is 0 Å². The fourth-order valence-corrected chi connectivity index (χ4v) is 2.90. The lowest BCUT2D eigenvalue weighted by molar-refractivity contribution is -0.150. The highest BCUT2D eigenvalue weighted by Gasteiger charge is 2.31. The van der Waals surface area contributed by atoms with Crippen molar-refractivity contribution >= 4 is 17.6 Å². The number of methoxy groups -OCH3 is 1. The van der Waals surface area contributed by atoms with Gasteiger partial charge in [0.25, 0.3) is 0 Å². The maximum atomic E-state index is 12.5. The van der Waals surface area contributed by atoms with Crippen molar-refractivity contribution in [2.24, 2.45) is 5.92 Å². The number of likely N-dealkylation sites (tertiary alicyclic amines) is 1. The average molecular weight is 334 g/mol. The van der Waals surface area contributed by atoms with E-state index in [1.807, 2.05) is 18.7 Å². The number of piperidine rings is 1. The zero-order valence-corrected chi connectivity index (χ0v) is 14.6. The van der Waals surface area contributed by atoms with Gasteiger partial charge in [-0.3, -0.25) is 14.5 Å². The zero-order valence-electron chi connectivity index (χ0n) is 14.6. The van der Waals surface area contributed by atoms with Crippen LogP contribution in [0.3, 0.4) is 0 Å². The Morgan fingerprint density at radius 3 is 2.67 bits per heavy atom. The molecule has 0 aliphatic carbocycles. The molecule has 1 heterocycles. The number of ether oxygens (including phenoxy) is 2. The summed E-state index contributed by atoms with van der Waals surface area (Å²) >= 11 is 0. The highest BCUT2D eigenvalue weighted by molar-refractivity contribution is 5.94. The summed E-state index contributed by atoms with van der Waals surface area (Å²) in [6.07, 6.45) is 1.71. The van der Waals surface area contributed by atoms with Crippen molar-refractivity contribution in [1.82, 2.24) is 4.90 Å². The van der Waals surface area contributed by atoms with Crippen molar-refractivity contribution in [2.75, 3.05) is 32.1 Å². The highest BCUT2D eigenvalue weighted by Crippen LogP contribution is 2.21. The molecule has 2 rings (SSSR count). The van der Waals surface area contributed by atoms with Gasteiger partial charge < -0.3 is 14.8 Å². The topological polar surface area (TPSA) is 67.9 Å². The Morgan fingerprint density at radius 1 is 1.33 bits per heavy atom. The number of esters is 1. The molecule has 0 saturated carbocycles. The summed E-state index contributed by atoms with van der Waals surface area (Å²) in [6, 6.07) is 6.92. The lowest BCUT2D eigenvalue weighted by Crippen LogP contribution is -2.48. The summed E-state index contributed by atoms with van der Waals surface area (Å²) in [7, 11) is 1.60. The van der Waals surface area contributed by atoms with E-state index in [-0.39, 0.29) is 23.8 Å². The Morgan fingerprint density at radius 2 is 2.04 bits per heavy atom. The number of anilines is 1. The Kier molecular flexibility index (Phi) is 6.61. The van der Waals surface area contributed by atoms with Crippen LogP contribution in [-0.2, 0) is 14.3 Å². The SMILES string of the molecule is CCOC(=O)[C@@H]1CCCN([C@@H](C)C(=O)Nc2ccc(OC)cc2)C1. The Bertz CT molecular complexity index is 559. The number of nitrogens with one attached hydrogen (secondary N) is 1. The first-order chi connectivity index (χ1) is 11.5. The van der Waals surface area contributed by atoms with Gasteiger partial charge in [-0.25, -0.2) is 0 Å². The fraction of sp³-hybridized carbons (Fsp3) is 0.556. The number of nitrogens with zero attached hydrogens (tertiary/aromatic N) is 1. The monoisotopic (exact) mass is 334 g/mol. The van der Waals surface area contributed by atoms with Crippen LogP contribution in [0.25, 0.3) is 0 Å². The Hall–Kier alpha value is -2.08. The molecule has 1 aliphatic heterocycles. The molecule has 6 heteroatoms. The molecule has 0 aromatic heterocycles. The van der Waals surface area contributed by atoms with Gasteiger partial charge in [0, 0.05) is 12.2 Å². The van der Waals surface area contributed by atoms with Gasteiger partial charge >= 0.3 is 5.97 Å². The van der Waals surface area contributed by atoms with Crippen LogP contribution in [0.15, 0.2) is 24.3 Å². The predicted molar refractivity (Wildman–Crippen MR) is 92.0 cm³/mol. The van der Waals surface area contributed by atoms with Gasteiger partial charge in [-0.1, -0.05) is 0 Å². The molecule has 2 atom stereocenters. The number of hydrogen-bond donors (Lipinski definition) is 1. The summed E-state index contributed by atoms with van der Waals surface area (Å²) in [5.74, 6) is 0.360. The molecule has 1 aliphatic rings. The van der Waals surface area contributed by atoms with Crippen molar-refractivity contribution in [3.8, 4) is 5.75 Å². The number of rotatable bonds is 6. The summed E-state index contributed by atoms with van der Waals surface area (Å²) < 4.78 is 10.2. The lowest BCUT2D eigenvalue weighted by atomic mass is 9.97. The van der Waals surface area contributed by atoms with E-state index in [4.69, 9.17) is 9.47 Å². The fourth-order valence-electron chi connectivity index (χ4n) is 2.90. The van der Waals surface area contributed by atoms with Gasteiger partial charge in [0.05, 0.1) is 25.7 Å². The lowest BCUT2D eigenvalue weighted by Gasteiger charge is -2.35. The number of carbonyl (C=O) groups is 2. The molecule has 1 amide bonds. The van der Waals surface area contributed by atoms with Crippen LogP contribution in [-0.4, -0.2) is 49.6 Å². The van der Waals surface area contributed by atoms with Gasteiger partial charge in [0.15, 0.2) is 0 Å². The molecule has 0 bridgehead atoms. The molecule has 1 N–H and O–H groups in total. The number of amides is 1. The standard InChI is InChI=1S/C18H26N2O4/c1-4-24-18(22)14-6-5-11-20(12-14)13(2)17(21)19-15-7-9-16(23-3)10-8-15/h7-10,13-14H,4-6,11-12H2,1-3H3,(H,19,21)/t13-,14+/m0/s1. The molecule has 0 spiro atoms. The predicted octanol–water partition coefficient (Wildman–Crippen LogP) is 2.30. The van der Waals surface area contributed by atoms with E-state index in [0.717, 1.165) is 30.8 Å². The number of benzene rings is 1. The van der Waals surface area contributed by atoms with Crippen LogP contribution in [0, 0.1) is 5.92 Å². The number of carbonyl (C=O) groups excluding carboxylic acids is 2. The molecule has 1 aromatic rings. The minimum atomic E-state index is -0.302. The van der Waals surface area contributed by atoms with E-state index in [9.17, 15) is 9.59 Å². The van der Waals surface area contributed by atoms with Gasteiger partial charge in [-0.05, 0) is 57.5 Å². The van der Waals surface area contributed by atoms with Crippen molar-refractivity contribution in [3.05, 3.63) is 24.3 Å². The minimum absolute atomic E-state index is 0.0790. The van der Waals surface area contributed by atoms with Gasteiger partial charge in [0.2, 0.25) is 5.91 Å². The van der Waals surface area contributed by atoms with Crippen LogP contribution in [0.2, 0.25) is 0 Å². The molecular weight excluding hydrogens is 308 g/mol. The normalized spacial score (nSPS) is 19.4. The molecule has 132 valence electrons. The summed E-state index contributed by atoms with van der Waals surface area (Å²) in [4.78, 5) is 26.4. The maximum absolute atomic E-state index is 12.5. The number of hydrogen-bond acceptors (Lipinski definition) is 5. The molecule has 1 fully saturated rings. The Balaban J connectivity index is 1.92. The van der Waals surface area contributed by atoms with Crippen LogP contribution >= 0.6 is 0 Å². The van der Waals surface area contributed by atoms with Gasteiger partial charge in [-0.2, -0.15) is 0 Å². The second kappa shape index (κ2) is 8.68. The summed E-state index contributed by atoms with van der Waals surface area (Å²) in [5, 5.41) is 2.91. The van der Waals surface area contributed by atoms with Crippen molar-refractivity contribution < 1.29 is 19.1 Å². The third-order valence-electron chi connectivity index (χ3n) is 4.36. The maximum Gasteiger partial charge on any atom is 0.310 e. The molecule has 24 heavy (non-hydrogen) atoms. The van der Waals surface area contributed by atoms with Crippen LogP contribution in [0.1, 0.15) is 26.7 Å². The van der Waals surface area contributed by atoms with Crippen molar-refractivity contribution in [2.45, 2.75) is 32.7 Å². The van der Waals surface area contributed by atoms with E-state index in [2.05, 4.69) is 5.32 Å². The van der Waals surface area contributed by atoms with E-state index in [1.54, 1.807) is 31.4 Å². The van der Waals surface area contributed by atoms with Crippen LogP contribution in [0.5, 0.6) is 5.75 Å². The summed E-state index contributed by atoms with van der Waals surface area (Å²) in [6.45, 7) is 5.45. The smallest absolute Gasteiger partial charge is 0.310 e. The van der Waals surface area contributed by atoms with E-state index in [0.29, 0.717) is 13.2 Å². The Labute approximate surface area is 143 Å². The first-order valence-corrected chi connectivity index (χ1v) is 8.40. The molecule has 0 radical (unpaired) electrons. The molecule has 6 nitrogen and oxygen atoms in total. The van der Waals surface area contributed by atoms with Crippen LogP contribution in [0.4, 0.5) is 5.69 Å². The molecule has 0 unspecified atom stereocenters. The van der Waals surface area contributed by atoms with Crippen molar-refractivity contribution in [3.63, 3.8) is 0 Å².